The predicted octanol–water partition coefficient (Wildman–Crippen LogP) is 1.51. The van der Waals surface area contributed by atoms with Crippen LogP contribution in [0.25, 0.3) is 10.9 Å². The number of nitro benzene ring substituents is 1. The Morgan fingerprint density at radius 2 is 2.20 bits per heavy atom. The monoisotopic (exact) mass is 205 g/mol. The molecule has 2 rings (SSSR count). The molecule has 0 spiro atoms. The van der Waals surface area contributed by atoms with Crippen molar-refractivity contribution in [3.63, 3.8) is 0 Å². The molecule has 0 radical (unpaired) electrons. The van der Waals surface area contributed by atoms with E-state index in [-0.39, 0.29) is 10.6 Å². The number of nitrogens with zero attached hydrogens (tertiary/aromatic N) is 2. The molecule has 1 aromatic carbocycles. The summed E-state index contributed by atoms with van der Waals surface area (Å²) in [7, 11) is 0. The minimum Gasteiger partial charge on any atom is -0.346 e. The van der Waals surface area contributed by atoms with Gasteiger partial charge in [-0.15, -0.1) is 0 Å². The first-order valence-electron chi connectivity index (χ1n) is 4.66. The zero-order valence-corrected chi connectivity index (χ0v) is 8.09. The van der Waals surface area contributed by atoms with E-state index < -0.39 is 0 Å². The van der Waals surface area contributed by atoms with Gasteiger partial charge in [-0.05, 0) is 12.1 Å². The molecule has 0 aliphatic rings. The Bertz CT molecular complexity index is 504. The summed E-state index contributed by atoms with van der Waals surface area (Å²) in [6.07, 6.45) is 1.89. The highest BCUT2D eigenvalue weighted by atomic mass is 16.6. The highest BCUT2D eigenvalue weighted by Gasteiger charge is 2.08. The number of nitrogens with two attached hydrogens (primary N) is 1. The van der Waals surface area contributed by atoms with Crippen LogP contribution in [0.5, 0.6) is 0 Å². The largest absolute Gasteiger partial charge is 0.346 e. The van der Waals surface area contributed by atoms with Gasteiger partial charge in [0.2, 0.25) is 0 Å². The second kappa shape index (κ2) is 3.70. The average Bonchev–Trinajstić information content (AvgIpc) is 2.61. The second-order valence-corrected chi connectivity index (χ2v) is 3.30. The normalized spacial score (nSPS) is 10.7. The third kappa shape index (κ3) is 1.69. The minimum atomic E-state index is -0.390. The van der Waals surface area contributed by atoms with Gasteiger partial charge in [-0.25, -0.2) is 0 Å². The van der Waals surface area contributed by atoms with Crippen molar-refractivity contribution in [3.05, 3.63) is 40.6 Å². The van der Waals surface area contributed by atoms with Gasteiger partial charge in [-0.3, -0.25) is 10.1 Å². The summed E-state index contributed by atoms with van der Waals surface area (Å²) in [5.41, 5.74) is 6.42. The van der Waals surface area contributed by atoms with Crippen LogP contribution in [0.4, 0.5) is 5.69 Å². The highest BCUT2D eigenvalue weighted by Crippen LogP contribution is 2.21. The van der Waals surface area contributed by atoms with E-state index >= 15 is 0 Å². The van der Waals surface area contributed by atoms with Crippen molar-refractivity contribution in [1.29, 1.82) is 0 Å². The van der Waals surface area contributed by atoms with Crippen LogP contribution in [0.3, 0.4) is 0 Å². The standard InChI is InChI=1S/C10H11N3O2/c11-4-6-12-5-3-8-1-2-9(13(14)15)7-10(8)12/h1-3,5,7H,4,6,11H2. The molecule has 1 heterocycles. The molecule has 2 N–H and O–H groups in total. The molecule has 0 unspecified atom stereocenters. The SMILES string of the molecule is NCCn1ccc2ccc([N+](=O)[O-])cc21. The first-order chi connectivity index (χ1) is 7.22. The topological polar surface area (TPSA) is 74.1 Å². The van der Waals surface area contributed by atoms with Gasteiger partial charge in [0.05, 0.1) is 10.4 Å². The van der Waals surface area contributed by atoms with Crippen LogP contribution in [-0.4, -0.2) is 16.0 Å². The van der Waals surface area contributed by atoms with E-state index in [0.29, 0.717) is 13.1 Å². The molecule has 0 atom stereocenters. The van der Waals surface area contributed by atoms with Gasteiger partial charge in [-0.1, -0.05) is 0 Å². The fourth-order valence-corrected chi connectivity index (χ4v) is 1.62. The van der Waals surface area contributed by atoms with Crippen LogP contribution in [0, 0.1) is 10.1 Å². The van der Waals surface area contributed by atoms with Crippen LogP contribution < -0.4 is 5.73 Å². The third-order valence-corrected chi connectivity index (χ3v) is 2.34. The van der Waals surface area contributed by atoms with Crippen molar-refractivity contribution in [3.8, 4) is 0 Å². The summed E-state index contributed by atoms with van der Waals surface area (Å²) in [5.74, 6) is 0. The van der Waals surface area contributed by atoms with Crippen molar-refractivity contribution in [2.75, 3.05) is 6.54 Å². The number of fused-ring (bicyclic) bond motifs is 1. The molecule has 0 saturated carbocycles. The molecule has 1 aromatic heterocycles. The number of hydrogen-bond donors (Lipinski definition) is 1. The molecule has 0 fully saturated rings. The Morgan fingerprint density at radius 1 is 1.40 bits per heavy atom. The second-order valence-electron chi connectivity index (χ2n) is 3.30. The van der Waals surface area contributed by atoms with Crippen molar-refractivity contribution >= 4 is 16.6 Å². The summed E-state index contributed by atoms with van der Waals surface area (Å²) < 4.78 is 1.92. The highest BCUT2D eigenvalue weighted by molar-refractivity contribution is 5.82. The number of non-ortho nitro benzene ring substituents is 1. The molecule has 5 heteroatoms. The lowest BCUT2D eigenvalue weighted by Gasteiger charge is -2.02. The number of benzene rings is 1. The van der Waals surface area contributed by atoms with E-state index in [1.807, 2.05) is 16.8 Å². The number of rotatable bonds is 3. The fourth-order valence-electron chi connectivity index (χ4n) is 1.62. The van der Waals surface area contributed by atoms with Crippen molar-refractivity contribution < 1.29 is 4.92 Å². The summed E-state index contributed by atoms with van der Waals surface area (Å²) in [5, 5.41) is 11.6. The Hall–Kier alpha value is -1.88. The van der Waals surface area contributed by atoms with Crippen molar-refractivity contribution in [2.24, 2.45) is 5.73 Å². The lowest BCUT2D eigenvalue weighted by molar-refractivity contribution is -0.384. The zero-order valence-electron chi connectivity index (χ0n) is 8.09. The van der Waals surface area contributed by atoms with Crippen LogP contribution in [-0.2, 0) is 6.54 Å². The first kappa shape index (κ1) is 9.67. The Balaban J connectivity index is 2.56. The molecular weight excluding hydrogens is 194 g/mol. The van der Waals surface area contributed by atoms with Crippen molar-refractivity contribution in [2.45, 2.75) is 6.54 Å². The Morgan fingerprint density at radius 3 is 2.87 bits per heavy atom. The number of nitro groups is 1. The van der Waals surface area contributed by atoms with Gasteiger partial charge in [0, 0.05) is 36.8 Å². The molecule has 0 aliphatic carbocycles. The summed E-state index contributed by atoms with van der Waals surface area (Å²) >= 11 is 0. The van der Waals surface area contributed by atoms with Gasteiger partial charge in [0.25, 0.3) is 5.69 Å². The van der Waals surface area contributed by atoms with Gasteiger partial charge >= 0.3 is 0 Å². The third-order valence-electron chi connectivity index (χ3n) is 2.34. The maximum Gasteiger partial charge on any atom is 0.271 e. The molecule has 2 aromatic rings. The Labute approximate surface area is 86.3 Å². The van der Waals surface area contributed by atoms with Gasteiger partial charge in [0.1, 0.15) is 0 Å². The molecule has 5 nitrogen and oxygen atoms in total. The summed E-state index contributed by atoms with van der Waals surface area (Å²) in [4.78, 5) is 10.2. The molecule has 0 amide bonds. The fraction of sp³-hybridized carbons (Fsp3) is 0.200. The van der Waals surface area contributed by atoms with Gasteiger partial charge < -0.3 is 10.3 Å². The molecule has 0 aliphatic heterocycles. The molecule has 0 bridgehead atoms. The van der Waals surface area contributed by atoms with E-state index in [1.54, 1.807) is 12.1 Å². The number of hydrogen-bond acceptors (Lipinski definition) is 3. The maximum atomic E-state index is 10.6. The van der Waals surface area contributed by atoms with Gasteiger partial charge in [-0.2, -0.15) is 0 Å². The van der Waals surface area contributed by atoms with Crippen molar-refractivity contribution in [1.82, 2.24) is 4.57 Å². The maximum absolute atomic E-state index is 10.6. The first-order valence-corrected chi connectivity index (χ1v) is 4.66. The molecule has 78 valence electrons. The van der Waals surface area contributed by atoms with Crippen LogP contribution >= 0.6 is 0 Å². The molecule has 0 saturated heterocycles. The predicted molar refractivity (Wildman–Crippen MR) is 57.6 cm³/mol. The smallest absolute Gasteiger partial charge is 0.271 e. The van der Waals surface area contributed by atoms with E-state index in [0.717, 1.165) is 10.9 Å². The summed E-state index contributed by atoms with van der Waals surface area (Å²) in [6.45, 7) is 1.19. The van der Waals surface area contributed by atoms with Crippen LogP contribution in [0.2, 0.25) is 0 Å². The lowest BCUT2D eigenvalue weighted by atomic mass is 10.2. The van der Waals surface area contributed by atoms with E-state index in [1.165, 1.54) is 6.07 Å². The number of aromatic nitrogens is 1. The minimum absolute atomic E-state index is 0.111. The lowest BCUT2D eigenvalue weighted by Crippen LogP contribution is -2.08. The Kier molecular flexibility index (Phi) is 2.39. The van der Waals surface area contributed by atoms with Gasteiger partial charge in [0.15, 0.2) is 0 Å². The quantitative estimate of drug-likeness (QED) is 0.609. The average molecular weight is 205 g/mol. The molecule has 15 heavy (non-hydrogen) atoms. The van der Waals surface area contributed by atoms with E-state index in [2.05, 4.69) is 0 Å². The summed E-state index contributed by atoms with van der Waals surface area (Å²) in [6, 6.07) is 6.76. The van der Waals surface area contributed by atoms with E-state index in [4.69, 9.17) is 5.73 Å². The van der Waals surface area contributed by atoms with Crippen LogP contribution in [0.15, 0.2) is 30.5 Å². The van der Waals surface area contributed by atoms with Crippen LogP contribution in [0.1, 0.15) is 0 Å². The molecular formula is C10H11N3O2. The van der Waals surface area contributed by atoms with E-state index in [9.17, 15) is 10.1 Å². The zero-order chi connectivity index (χ0) is 10.8.